The van der Waals surface area contributed by atoms with Crippen LogP contribution >= 0.6 is 0 Å². The Bertz CT molecular complexity index is 642. The van der Waals surface area contributed by atoms with E-state index in [1.165, 1.54) is 0 Å². The van der Waals surface area contributed by atoms with E-state index in [1.807, 2.05) is 30.6 Å². The van der Waals surface area contributed by atoms with E-state index in [1.54, 1.807) is 0 Å². The van der Waals surface area contributed by atoms with E-state index in [-0.39, 0.29) is 17.2 Å². The molecule has 3 rings (SSSR count). The first-order valence-corrected chi connectivity index (χ1v) is 9.49. The van der Waals surface area contributed by atoms with Gasteiger partial charge in [0, 0.05) is 43.6 Å². The minimum absolute atomic E-state index is 0.00670. The summed E-state index contributed by atoms with van der Waals surface area (Å²) in [5.41, 5.74) is 1.87. The van der Waals surface area contributed by atoms with E-state index >= 15 is 0 Å². The minimum Gasteiger partial charge on any atom is -0.381 e. The van der Waals surface area contributed by atoms with E-state index in [0.29, 0.717) is 32.6 Å². The molecule has 1 spiro atoms. The molecule has 1 aromatic rings. The monoisotopic (exact) mass is 363 g/mol. The molecular formula is C19H29N3O4. The zero-order valence-electron chi connectivity index (χ0n) is 16.0. The van der Waals surface area contributed by atoms with Gasteiger partial charge < -0.3 is 19.1 Å². The second kappa shape index (κ2) is 7.78. The van der Waals surface area contributed by atoms with E-state index in [9.17, 15) is 9.59 Å². The van der Waals surface area contributed by atoms with Crippen molar-refractivity contribution in [3.05, 3.63) is 17.0 Å². The molecule has 2 aliphatic heterocycles. The summed E-state index contributed by atoms with van der Waals surface area (Å²) in [6, 6.07) is 0. The van der Waals surface area contributed by atoms with Crippen LogP contribution in [0.15, 0.2) is 4.52 Å². The Morgan fingerprint density at radius 3 is 2.65 bits per heavy atom. The summed E-state index contributed by atoms with van der Waals surface area (Å²) < 4.78 is 10.5. The van der Waals surface area contributed by atoms with Crippen LogP contribution in [0.25, 0.3) is 0 Å². The molecule has 0 unspecified atom stereocenters. The molecule has 2 aliphatic rings. The van der Waals surface area contributed by atoms with Crippen LogP contribution in [0.4, 0.5) is 0 Å². The first-order chi connectivity index (χ1) is 12.4. The van der Waals surface area contributed by atoms with Gasteiger partial charge in [0.05, 0.1) is 25.3 Å². The number of aryl methyl sites for hydroxylation is 2. The van der Waals surface area contributed by atoms with Crippen molar-refractivity contribution in [1.82, 2.24) is 15.0 Å². The number of ether oxygens (including phenoxy) is 1. The maximum Gasteiger partial charge on any atom is 0.224 e. The molecule has 0 aliphatic carbocycles. The number of hydrogen-bond acceptors (Lipinski definition) is 5. The molecule has 7 nitrogen and oxygen atoms in total. The lowest BCUT2D eigenvalue weighted by atomic mass is 9.77. The van der Waals surface area contributed by atoms with Crippen LogP contribution < -0.4 is 0 Å². The van der Waals surface area contributed by atoms with Crippen LogP contribution in [-0.2, 0) is 20.9 Å². The van der Waals surface area contributed by atoms with Gasteiger partial charge in [0.15, 0.2) is 0 Å². The predicted molar refractivity (Wildman–Crippen MR) is 95.4 cm³/mol. The van der Waals surface area contributed by atoms with Crippen molar-refractivity contribution in [1.29, 1.82) is 0 Å². The number of carbonyl (C=O) groups is 2. The summed E-state index contributed by atoms with van der Waals surface area (Å²) in [6.45, 7) is 9.65. The van der Waals surface area contributed by atoms with Gasteiger partial charge in [-0.15, -0.1) is 0 Å². The standard InChI is InChI=1S/C19H29N3O4/c1-4-25-10-5-17(23)21-8-6-19(7-9-21)11-18(24)22(13-19)12-16-14(2)20-26-15(16)3/h4-13H2,1-3H3. The van der Waals surface area contributed by atoms with Gasteiger partial charge in [-0.05, 0) is 33.6 Å². The fourth-order valence-corrected chi connectivity index (χ4v) is 4.07. The van der Waals surface area contributed by atoms with Crippen LogP contribution in [0.2, 0.25) is 0 Å². The Morgan fingerprint density at radius 1 is 1.31 bits per heavy atom. The molecule has 0 atom stereocenters. The van der Waals surface area contributed by atoms with Crippen LogP contribution in [0, 0.1) is 19.3 Å². The summed E-state index contributed by atoms with van der Waals surface area (Å²) in [6.07, 6.45) is 2.80. The molecule has 2 fully saturated rings. The Morgan fingerprint density at radius 2 is 2.04 bits per heavy atom. The molecule has 7 heteroatoms. The second-order valence-corrected chi connectivity index (χ2v) is 7.56. The van der Waals surface area contributed by atoms with Crippen LogP contribution in [0.3, 0.4) is 0 Å². The quantitative estimate of drug-likeness (QED) is 0.723. The largest absolute Gasteiger partial charge is 0.381 e. The number of likely N-dealkylation sites (tertiary alicyclic amines) is 2. The molecule has 0 radical (unpaired) electrons. The number of piperidine rings is 1. The van der Waals surface area contributed by atoms with Gasteiger partial charge in [0.2, 0.25) is 11.8 Å². The normalized spacial score (nSPS) is 19.6. The Hall–Kier alpha value is -1.89. The van der Waals surface area contributed by atoms with Gasteiger partial charge in [-0.1, -0.05) is 5.16 Å². The highest BCUT2D eigenvalue weighted by atomic mass is 16.5. The van der Waals surface area contributed by atoms with Crippen molar-refractivity contribution in [2.75, 3.05) is 32.8 Å². The molecule has 2 amide bonds. The molecule has 144 valence electrons. The SMILES string of the molecule is CCOCCC(=O)N1CCC2(CC1)CC(=O)N(Cc1c(C)noc1C)C2. The fourth-order valence-electron chi connectivity index (χ4n) is 4.07. The van der Waals surface area contributed by atoms with Crippen molar-refractivity contribution in [3.8, 4) is 0 Å². The second-order valence-electron chi connectivity index (χ2n) is 7.56. The molecule has 0 aromatic carbocycles. The molecule has 26 heavy (non-hydrogen) atoms. The Balaban J connectivity index is 1.55. The highest BCUT2D eigenvalue weighted by molar-refractivity contribution is 5.80. The topological polar surface area (TPSA) is 75.9 Å². The third-order valence-electron chi connectivity index (χ3n) is 5.78. The number of aromatic nitrogens is 1. The first-order valence-electron chi connectivity index (χ1n) is 9.49. The minimum atomic E-state index is 0.00670. The van der Waals surface area contributed by atoms with E-state index in [4.69, 9.17) is 9.26 Å². The number of hydrogen-bond donors (Lipinski definition) is 0. The Labute approximate surface area is 154 Å². The number of amides is 2. The predicted octanol–water partition coefficient (Wildman–Crippen LogP) is 2.06. The molecule has 2 saturated heterocycles. The third-order valence-corrected chi connectivity index (χ3v) is 5.78. The van der Waals surface area contributed by atoms with Crippen molar-refractivity contribution >= 4 is 11.8 Å². The lowest BCUT2D eigenvalue weighted by Gasteiger charge is -2.38. The first kappa shape index (κ1) is 18.9. The average Bonchev–Trinajstić information content (AvgIpc) is 3.09. The van der Waals surface area contributed by atoms with Gasteiger partial charge in [0.1, 0.15) is 5.76 Å². The summed E-state index contributed by atoms with van der Waals surface area (Å²) in [5, 5.41) is 3.98. The maximum absolute atomic E-state index is 12.6. The summed E-state index contributed by atoms with van der Waals surface area (Å²) >= 11 is 0. The summed E-state index contributed by atoms with van der Waals surface area (Å²) in [5.74, 6) is 1.14. The van der Waals surface area contributed by atoms with Crippen LogP contribution in [0.1, 0.15) is 49.6 Å². The Kier molecular flexibility index (Phi) is 5.65. The molecule has 1 aromatic heterocycles. The average molecular weight is 363 g/mol. The molecule has 3 heterocycles. The lowest BCUT2D eigenvalue weighted by molar-refractivity contribution is -0.134. The van der Waals surface area contributed by atoms with Gasteiger partial charge in [-0.3, -0.25) is 9.59 Å². The zero-order valence-corrected chi connectivity index (χ0v) is 16.0. The van der Waals surface area contributed by atoms with Gasteiger partial charge >= 0.3 is 0 Å². The summed E-state index contributed by atoms with van der Waals surface area (Å²) in [7, 11) is 0. The van der Waals surface area contributed by atoms with Crippen molar-refractivity contribution < 1.29 is 18.8 Å². The zero-order chi connectivity index (χ0) is 18.7. The van der Waals surface area contributed by atoms with Gasteiger partial charge in [-0.2, -0.15) is 0 Å². The van der Waals surface area contributed by atoms with Crippen molar-refractivity contribution in [2.45, 2.75) is 53.0 Å². The highest BCUT2D eigenvalue weighted by Gasteiger charge is 2.45. The van der Waals surface area contributed by atoms with E-state index in [0.717, 1.165) is 49.5 Å². The van der Waals surface area contributed by atoms with Crippen molar-refractivity contribution in [2.24, 2.45) is 5.41 Å². The van der Waals surface area contributed by atoms with E-state index < -0.39 is 0 Å². The molecule has 0 N–H and O–H groups in total. The number of carbonyl (C=O) groups excluding carboxylic acids is 2. The number of rotatable bonds is 6. The summed E-state index contributed by atoms with van der Waals surface area (Å²) in [4.78, 5) is 28.7. The van der Waals surface area contributed by atoms with Crippen LogP contribution in [0.5, 0.6) is 0 Å². The third kappa shape index (κ3) is 3.92. The van der Waals surface area contributed by atoms with Gasteiger partial charge in [-0.25, -0.2) is 0 Å². The maximum atomic E-state index is 12.6. The molecule has 0 bridgehead atoms. The molecule has 0 saturated carbocycles. The van der Waals surface area contributed by atoms with E-state index in [2.05, 4.69) is 5.16 Å². The van der Waals surface area contributed by atoms with Gasteiger partial charge in [0.25, 0.3) is 0 Å². The van der Waals surface area contributed by atoms with Crippen molar-refractivity contribution in [3.63, 3.8) is 0 Å². The fraction of sp³-hybridized carbons (Fsp3) is 0.737. The number of nitrogens with zero attached hydrogens (tertiary/aromatic N) is 3. The smallest absolute Gasteiger partial charge is 0.224 e. The molecular weight excluding hydrogens is 334 g/mol. The highest BCUT2D eigenvalue weighted by Crippen LogP contribution is 2.41. The lowest BCUT2D eigenvalue weighted by Crippen LogP contribution is -2.44. The van der Waals surface area contributed by atoms with Crippen LogP contribution in [-0.4, -0.2) is 59.6 Å².